The Hall–Kier alpha value is -1.26. The lowest BCUT2D eigenvalue weighted by molar-refractivity contribution is 0.0924. The predicted octanol–water partition coefficient (Wildman–Crippen LogP) is 2.28. The number of carbonyl (C=O) groups excluding carboxylic acids is 1. The van der Waals surface area contributed by atoms with Gasteiger partial charge in [-0.15, -0.1) is 0 Å². The van der Waals surface area contributed by atoms with Gasteiger partial charge in [0, 0.05) is 12.1 Å². The predicted molar refractivity (Wildman–Crippen MR) is 78.4 cm³/mol. The molecule has 0 radical (unpaired) electrons. The average molecular weight is 278 g/mol. The molecule has 0 atom stereocenters. The van der Waals surface area contributed by atoms with E-state index in [1.165, 1.54) is 25.0 Å². The van der Waals surface area contributed by atoms with Crippen LogP contribution in [0.15, 0.2) is 24.3 Å². The number of carbonyl (C=O) groups is 1. The van der Waals surface area contributed by atoms with Crippen molar-refractivity contribution < 1.29 is 9.18 Å². The van der Waals surface area contributed by atoms with Crippen LogP contribution in [0.3, 0.4) is 0 Å². The van der Waals surface area contributed by atoms with Crippen molar-refractivity contribution in [2.24, 2.45) is 5.92 Å². The molecule has 3 nitrogen and oxygen atoms in total. The van der Waals surface area contributed by atoms with Gasteiger partial charge in [0.2, 0.25) is 0 Å². The molecule has 0 bridgehead atoms. The van der Waals surface area contributed by atoms with E-state index in [4.69, 9.17) is 0 Å². The number of benzene rings is 1. The molecule has 1 aromatic rings. The number of hydrogen-bond acceptors (Lipinski definition) is 3. The molecule has 1 aliphatic heterocycles. The molecule has 0 aromatic heterocycles. The van der Waals surface area contributed by atoms with Crippen LogP contribution in [0.1, 0.15) is 23.2 Å². The number of nitrogens with zero attached hydrogens (tertiary/aromatic N) is 2. The molecule has 0 aliphatic carbocycles. The van der Waals surface area contributed by atoms with Crippen LogP contribution in [-0.4, -0.2) is 55.9 Å². The maximum absolute atomic E-state index is 13.1. The molecule has 1 heterocycles. The Kier molecular flexibility index (Phi) is 5.26. The highest BCUT2D eigenvalue weighted by Gasteiger charge is 2.19. The van der Waals surface area contributed by atoms with E-state index >= 15 is 0 Å². The van der Waals surface area contributed by atoms with Gasteiger partial charge >= 0.3 is 0 Å². The Morgan fingerprint density at radius 2 is 2.10 bits per heavy atom. The summed E-state index contributed by atoms with van der Waals surface area (Å²) in [5, 5.41) is 0. The zero-order valence-electron chi connectivity index (χ0n) is 12.3. The van der Waals surface area contributed by atoms with E-state index in [2.05, 4.69) is 16.8 Å². The van der Waals surface area contributed by atoms with Gasteiger partial charge in [-0.05, 0) is 58.1 Å². The van der Waals surface area contributed by atoms with Crippen molar-refractivity contribution >= 4 is 5.78 Å². The Morgan fingerprint density at radius 3 is 2.75 bits per heavy atom. The summed E-state index contributed by atoms with van der Waals surface area (Å²) in [5.41, 5.74) is 0.459. The average Bonchev–Trinajstić information content (AvgIpc) is 2.41. The van der Waals surface area contributed by atoms with Crippen LogP contribution in [0.4, 0.5) is 4.39 Å². The number of rotatable bonds is 5. The summed E-state index contributed by atoms with van der Waals surface area (Å²) in [6.07, 6.45) is 2.38. The summed E-state index contributed by atoms with van der Waals surface area (Å²) in [6, 6.07) is 5.93. The summed E-state index contributed by atoms with van der Waals surface area (Å²) in [4.78, 5) is 16.5. The summed E-state index contributed by atoms with van der Waals surface area (Å²) >= 11 is 0. The van der Waals surface area contributed by atoms with E-state index in [0.29, 0.717) is 18.0 Å². The molecule has 1 fully saturated rings. The van der Waals surface area contributed by atoms with Crippen LogP contribution in [0.2, 0.25) is 0 Å². The minimum Gasteiger partial charge on any atom is -0.306 e. The van der Waals surface area contributed by atoms with Gasteiger partial charge < -0.3 is 4.90 Å². The minimum absolute atomic E-state index is 0.0140. The van der Waals surface area contributed by atoms with Crippen molar-refractivity contribution in [2.75, 3.05) is 40.3 Å². The number of Topliss-reactive ketones (excluding diaryl/α,β-unsaturated/α-hetero) is 1. The van der Waals surface area contributed by atoms with Gasteiger partial charge in [-0.1, -0.05) is 12.1 Å². The fourth-order valence-electron chi connectivity index (χ4n) is 2.75. The summed E-state index contributed by atoms with van der Waals surface area (Å²) in [6.45, 7) is 3.57. The van der Waals surface area contributed by atoms with Crippen molar-refractivity contribution in [3.05, 3.63) is 35.6 Å². The molecular weight excluding hydrogens is 255 g/mol. The van der Waals surface area contributed by atoms with E-state index in [1.54, 1.807) is 12.1 Å². The molecule has 0 spiro atoms. The van der Waals surface area contributed by atoms with E-state index in [9.17, 15) is 9.18 Å². The SMILES string of the molecule is CN1CCC(CN(C)CC(=O)c2cccc(F)c2)CC1. The molecule has 0 saturated carbocycles. The molecule has 4 heteroatoms. The van der Waals surface area contributed by atoms with E-state index in [-0.39, 0.29) is 11.6 Å². The Bertz CT molecular complexity index is 456. The molecule has 1 saturated heterocycles. The first-order valence-corrected chi connectivity index (χ1v) is 7.20. The Balaban J connectivity index is 1.82. The normalized spacial score (nSPS) is 17.6. The highest BCUT2D eigenvalue weighted by Crippen LogP contribution is 2.17. The molecule has 0 unspecified atom stereocenters. The van der Waals surface area contributed by atoms with Gasteiger partial charge in [-0.2, -0.15) is 0 Å². The Morgan fingerprint density at radius 1 is 1.40 bits per heavy atom. The van der Waals surface area contributed by atoms with Crippen molar-refractivity contribution in [1.29, 1.82) is 0 Å². The first kappa shape index (κ1) is 15.1. The maximum atomic E-state index is 13.1. The van der Waals surface area contributed by atoms with Crippen LogP contribution >= 0.6 is 0 Å². The van der Waals surface area contributed by atoms with Crippen molar-refractivity contribution in [3.8, 4) is 0 Å². The molecule has 0 amide bonds. The lowest BCUT2D eigenvalue weighted by Gasteiger charge is -2.31. The van der Waals surface area contributed by atoms with Crippen LogP contribution < -0.4 is 0 Å². The van der Waals surface area contributed by atoms with Gasteiger partial charge in [0.1, 0.15) is 5.82 Å². The van der Waals surface area contributed by atoms with Crippen LogP contribution in [0.25, 0.3) is 0 Å². The minimum atomic E-state index is -0.353. The van der Waals surface area contributed by atoms with Crippen molar-refractivity contribution in [2.45, 2.75) is 12.8 Å². The third kappa shape index (κ3) is 4.39. The smallest absolute Gasteiger partial charge is 0.176 e. The second-order valence-electron chi connectivity index (χ2n) is 5.88. The number of likely N-dealkylation sites (tertiary alicyclic amines) is 1. The third-order valence-electron chi connectivity index (χ3n) is 3.97. The van der Waals surface area contributed by atoms with E-state index < -0.39 is 0 Å². The van der Waals surface area contributed by atoms with Gasteiger partial charge in [-0.25, -0.2) is 4.39 Å². The highest BCUT2D eigenvalue weighted by molar-refractivity contribution is 5.97. The highest BCUT2D eigenvalue weighted by atomic mass is 19.1. The Labute approximate surface area is 120 Å². The molecule has 2 rings (SSSR count). The first-order chi connectivity index (χ1) is 9.54. The zero-order valence-corrected chi connectivity index (χ0v) is 12.3. The third-order valence-corrected chi connectivity index (χ3v) is 3.97. The monoisotopic (exact) mass is 278 g/mol. The molecule has 1 aromatic carbocycles. The number of ketones is 1. The lowest BCUT2D eigenvalue weighted by atomic mass is 9.96. The van der Waals surface area contributed by atoms with E-state index in [0.717, 1.165) is 19.6 Å². The van der Waals surface area contributed by atoms with Gasteiger partial charge in [0.25, 0.3) is 0 Å². The maximum Gasteiger partial charge on any atom is 0.176 e. The van der Waals surface area contributed by atoms with Crippen LogP contribution in [0.5, 0.6) is 0 Å². The molecular formula is C16H23FN2O. The fraction of sp³-hybridized carbons (Fsp3) is 0.562. The van der Waals surface area contributed by atoms with Crippen LogP contribution in [-0.2, 0) is 0 Å². The number of halogens is 1. The quantitative estimate of drug-likeness (QED) is 0.772. The fourth-order valence-corrected chi connectivity index (χ4v) is 2.75. The molecule has 0 N–H and O–H groups in total. The number of piperidine rings is 1. The summed E-state index contributed by atoms with van der Waals surface area (Å²) in [7, 11) is 4.11. The van der Waals surface area contributed by atoms with Gasteiger partial charge in [0.05, 0.1) is 6.54 Å². The second-order valence-corrected chi connectivity index (χ2v) is 5.88. The van der Waals surface area contributed by atoms with Gasteiger partial charge in [0.15, 0.2) is 5.78 Å². The zero-order chi connectivity index (χ0) is 14.5. The number of hydrogen-bond donors (Lipinski definition) is 0. The topological polar surface area (TPSA) is 23.6 Å². The van der Waals surface area contributed by atoms with E-state index in [1.807, 2.05) is 7.05 Å². The standard InChI is InChI=1S/C16H23FN2O/c1-18-8-6-13(7-9-18)11-19(2)12-16(20)14-4-3-5-15(17)10-14/h3-5,10,13H,6-9,11-12H2,1-2H3. The molecule has 110 valence electrons. The lowest BCUT2D eigenvalue weighted by Crippen LogP contribution is -2.37. The van der Waals surface area contributed by atoms with Crippen LogP contribution in [0, 0.1) is 11.7 Å². The van der Waals surface area contributed by atoms with Gasteiger partial charge in [-0.3, -0.25) is 9.69 Å². The second kappa shape index (κ2) is 6.95. The summed E-state index contributed by atoms with van der Waals surface area (Å²) in [5.74, 6) is 0.297. The largest absolute Gasteiger partial charge is 0.306 e. The van der Waals surface area contributed by atoms with Crippen molar-refractivity contribution in [3.63, 3.8) is 0 Å². The first-order valence-electron chi connectivity index (χ1n) is 7.20. The van der Waals surface area contributed by atoms with Crippen molar-refractivity contribution in [1.82, 2.24) is 9.80 Å². The summed E-state index contributed by atoms with van der Waals surface area (Å²) < 4.78 is 13.1. The molecule has 1 aliphatic rings. The molecule has 20 heavy (non-hydrogen) atoms. The number of likely N-dealkylation sites (N-methyl/N-ethyl adjacent to an activating group) is 1.